The summed E-state index contributed by atoms with van der Waals surface area (Å²) < 4.78 is 9.42. The van der Waals surface area contributed by atoms with Crippen molar-refractivity contribution in [2.45, 2.75) is 13.8 Å². The molecule has 0 radical (unpaired) electrons. The molecule has 0 amide bonds. The normalized spacial score (nSPS) is 10.3. The summed E-state index contributed by atoms with van der Waals surface area (Å²) in [6.45, 7) is 3.71. The Morgan fingerprint density at radius 3 is 2.50 bits per heavy atom. The molecule has 0 unspecified atom stereocenters. The number of esters is 1. The second-order valence-electron chi connectivity index (χ2n) is 4.34. The average Bonchev–Trinajstić information content (AvgIpc) is 2.90. The predicted molar refractivity (Wildman–Crippen MR) is 69.7 cm³/mol. The van der Waals surface area contributed by atoms with Crippen LogP contribution in [0.5, 0.6) is 0 Å². The Morgan fingerprint density at radius 1 is 1.25 bits per heavy atom. The van der Waals surface area contributed by atoms with E-state index in [2.05, 4.69) is 9.89 Å². The summed E-state index contributed by atoms with van der Waals surface area (Å²) in [4.78, 5) is 22.4. The molecule has 0 aliphatic carbocycles. The molecule has 0 aliphatic rings. The van der Waals surface area contributed by atoms with E-state index in [0.717, 1.165) is 11.1 Å². The van der Waals surface area contributed by atoms with Crippen molar-refractivity contribution in [1.29, 1.82) is 0 Å². The number of carboxylic acid groups (broad SMARTS) is 1. The number of nitrogens with zero attached hydrogens (tertiary/aromatic N) is 1. The highest BCUT2D eigenvalue weighted by Gasteiger charge is 2.17. The average molecular weight is 275 g/mol. The lowest BCUT2D eigenvalue weighted by atomic mass is 9.97. The number of carboxylic acids is 1. The first kappa shape index (κ1) is 13.8. The molecule has 2 aromatic rings. The fourth-order valence-electron chi connectivity index (χ4n) is 1.86. The van der Waals surface area contributed by atoms with Crippen molar-refractivity contribution in [2.24, 2.45) is 0 Å². The van der Waals surface area contributed by atoms with Crippen LogP contribution in [-0.2, 0) is 4.74 Å². The first-order valence-electron chi connectivity index (χ1n) is 5.84. The molecular weight excluding hydrogens is 262 g/mol. The molecule has 1 aromatic carbocycles. The second-order valence-corrected chi connectivity index (χ2v) is 4.34. The van der Waals surface area contributed by atoms with E-state index >= 15 is 0 Å². The molecule has 0 fully saturated rings. The minimum absolute atomic E-state index is 0.250. The molecule has 0 bridgehead atoms. The maximum Gasteiger partial charge on any atom is 0.374 e. The molecule has 0 atom stereocenters. The number of hydrogen-bond donors (Lipinski definition) is 1. The monoisotopic (exact) mass is 275 g/mol. The van der Waals surface area contributed by atoms with E-state index in [1.165, 1.54) is 13.2 Å². The third-order valence-corrected chi connectivity index (χ3v) is 3.09. The van der Waals surface area contributed by atoms with Crippen molar-refractivity contribution in [1.82, 2.24) is 5.16 Å². The number of methoxy groups -OCH3 is 1. The summed E-state index contributed by atoms with van der Waals surface area (Å²) in [5, 5.41) is 12.6. The van der Waals surface area contributed by atoms with Gasteiger partial charge in [-0.3, -0.25) is 0 Å². The molecule has 6 heteroatoms. The van der Waals surface area contributed by atoms with E-state index in [9.17, 15) is 9.59 Å². The third kappa shape index (κ3) is 2.40. The molecule has 6 nitrogen and oxygen atoms in total. The lowest BCUT2D eigenvalue weighted by Gasteiger charge is -2.09. The summed E-state index contributed by atoms with van der Waals surface area (Å²) in [5.74, 6) is -1.90. The van der Waals surface area contributed by atoms with Gasteiger partial charge in [0.05, 0.1) is 12.7 Å². The van der Waals surface area contributed by atoms with E-state index < -0.39 is 11.9 Å². The SMILES string of the molecule is COC(=O)c1cc(C)c(C)c(-c2cc(C(=O)O)on2)c1. The Bertz CT molecular complexity index is 687. The molecule has 20 heavy (non-hydrogen) atoms. The van der Waals surface area contributed by atoms with Crippen LogP contribution in [0.2, 0.25) is 0 Å². The Labute approximate surface area is 115 Å². The number of ether oxygens (including phenoxy) is 1. The zero-order chi connectivity index (χ0) is 14.9. The summed E-state index contributed by atoms with van der Waals surface area (Å²) >= 11 is 0. The quantitative estimate of drug-likeness (QED) is 0.865. The van der Waals surface area contributed by atoms with Crippen LogP contribution in [0.4, 0.5) is 0 Å². The van der Waals surface area contributed by atoms with Gasteiger partial charge in [0.25, 0.3) is 0 Å². The summed E-state index contributed by atoms with van der Waals surface area (Å²) in [7, 11) is 1.30. The van der Waals surface area contributed by atoms with Gasteiger partial charge < -0.3 is 14.4 Å². The Balaban J connectivity index is 2.57. The Hall–Kier alpha value is -2.63. The van der Waals surface area contributed by atoms with Crippen LogP contribution in [0, 0.1) is 13.8 Å². The zero-order valence-electron chi connectivity index (χ0n) is 11.3. The Morgan fingerprint density at radius 2 is 1.95 bits per heavy atom. The fraction of sp³-hybridized carbons (Fsp3) is 0.214. The van der Waals surface area contributed by atoms with Crippen molar-refractivity contribution < 1.29 is 24.0 Å². The highest BCUT2D eigenvalue weighted by Crippen LogP contribution is 2.27. The summed E-state index contributed by atoms with van der Waals surface area (Å²) in [5.41, 5.74) is 3.16. The van der Waals surface area contributed by atoms with Gasteiger partial charge in [0.1, 0.15) is 5.69 Å². The number of aromatic nitrogens is 1. The van der Waals surface area contributed by atoms with Crippen LogP contribution >= 0.6 is 0 Å². The number of aromatic carboxylic acids is 1. The molecule has 0 aliphatic heterocycles. The van der Waals surface area contributed by atoms with Crippen molar-refractivity contribution in [3.63, 3.8) is 0 Å². The zero-order valence-corrected chi connectivity index (χ0v) is 11.3. The van der Waals surface area contributed by atoms with Gasteiger partial charge in [0.2, 0.25) is 5.76 Å². The maximum absolute atomic E-state index is 11.6. The van der Waals surface area contributed by atoms with E-state index in [0.29, 0.717) is 16.8 Å². The minimum atomic E-state index is -1.19. The van der Waals surface area contributed by atoms with E-state index in [1.807, 2.05) is 13.8 Å². The van der Waals surface area contributed by atoms with Gasteiger partial charge in [-0.25, -0.2) is 9.59 Å². The van der Waals surface area contributed by atoms with Crippen LogP contribution in [0.1, 0.15) is 32.0 Å². The lowest BCUT2D eigenvalue weighted by Crippen LogP contribution is -2.03. The van der Waals surface area contributed by atoms with Crippen LogP contribution < -0.4 is 0 Å². The number of aryl methyl sites for hydroxylation is 1. The number of hydrogen-bond acceptors (Lipinski definition) is 5. The molecule has 2 rings (SSSR count). The van der Waals surface area contributed by atoms with Crippen molar-refractivity contribution in [2.75, 3.05) is 7.11 Å². The third-order valence-electron chi connectivity index (χ3n) is 3.09. The van der Waals surface area contributed by atoms with Crippen molar-refractivity contribution in [3.8, 4) is 11.3 Å². The highest BCUT2D eigenvalue weighted by molar-refractivity contribution is 5.92. The number of carbonyl (C=O) groups excluding carboxylic acids is 1. The fourth-order valence-corrected chi connectivity index (χ4v) is 1.86. The van der Waals surface area contributed by atoms with Gasteiger partial charge in [0.15, 0.2) is 0 Å². The topological polar surface area (TPSA) is 89.6 Å². The first-order chi connectivity index (χ1) is 9.43. The Kier molecular flexibility index (Phi) is 3.56. The lowest BCUT2D eigenvalue weighted by molar-refractivity contribution is 0.0599. The highest BCUT2D eigenvalue weighted by atomic mass is 16.5. The number of benzene rings is 1. The van der Waals surface area contributed by atoms with Gasteiger partial charge in [-0.2, -0.15) is 0 Å². The van der Waals surface area contributed by atoms with Gasteiger partial charge in [-0.15, -0.1) is 0 Å². The number of carbonyl (C=O) groups is 2. The molecule has 1 heterocycles. The molecular formula is C14H13NO5. The standard InChI is InChI=1S/C14H13NO5/c1-7-4-9(14(18)19-3)5-10(8(7)2)11-6-12(13(16)17)20-15-11/h4-6H,1-3H3,(H,16,17). The smallest absolute Gasteiger partial charge is 0.374 e. The van der Waals surface area contributed by atoms with Crippen molar-refractivity contribution in [3.05, 3.63) is 40.6 Å². The van der Waals surface area contributed by atoms with Crippen LogP contribution in [0.3, 0.4) is 0 Å². The largest absolute Gasteiger partial charge is 0.475 e. The van der Waals surface area contributed by atoms with Gasteiger partial charge in [-0.05, 0) is 37.1 Å². The van der Waals surface area contributed by atoms with E-state index in [-0.39, 0.29) is 5.76 Å². The van der Waals surface area contributed by atoms with E-state index in [4.69, 9.17) is 9.63 Å². The maximum atomic E-state index is 11.6. The van der Waals surface area contributed by atoms with Gasteiger partial charge in [0, 0.05) is 11.6 Å². The van der Waals surface area contributed by atoms with Gasteiger partial charge in [-0.1, -0.05) is 5.16 Å². The van der Waals surface area contributed by atoms with Crippen LogP contribution in [-0.4, -0.2) is 29.3 Å². The molecule has 0 saturated carbocycles. The molecule has 0 saturated heterocycles. The number of rotatable bonds is 3. The molecule has 1 aromatic heterocycles. The van der Waals surface area contributed by atoms with Crippen molar-refractivity contribution >= 4 is 11.9 Å². The second kappa shape index (κ2) is 5.16. The van der Waals surface area contributed by atoms with Crippen LogP contribution in [0.15, 0.2) is 22.7 Å². The van der Waals surface area contributed by atoms with E-state index in [1.54, 1.807) is 12.1 Å². The first-order valence-corrected chi connectivity index (χ1v) is 5.84. The summed E-state index contributed by atoms with van der Waals surface area (Å²) in [6, 6.07) is 4.64. The molecule has 104 valence electrons. The van der Waals surface area contributed by atoms with Crippen LogP contribution in [0.25, 0.3) is 11.3 Å². The minimum Gasteiger partial charge on any atom is -0.475 e. The molecule has 1 N–H and O–H groups in total. The predicted octanol–water partition coefficient (Wildman–Crippen LogP) is 2.44. The molecule has 0 spiro atoms. The summed E-state index contributed by atoms with van der Waals surface area (Å²) in [6.07, 6.45) is 0. The van der Waals surface area contributed by atoms with Gasteiger partial charge >= 0.3 is 11.9 Å².